The lowest BCUT2D eigenvalue weighted by atomic mass is 10.1. The van der Waals surface area contributed by atoms with E-state index in [2.05, 4.69) is 10.5 Å². The Kier molecular flexibility index (Phi) is 6.89. The van der Waals surface area contributed by atoms with E-state index in [0.717, 1.165) is 12.1 Å². The first-order valence-electron chi connectivity index (χ1n) is 9.67. The van der Waals surface area contributed by atoms with E-state index in [1.54, 1.807) is 18.7 Å². The highest BCUT2D eigenvalue weighted by Crippen LogP contribution is 2.36. The van der Waals surface area contributed by atoms with Gasteiger partial charge in [-0.2, -0.15) is 17.5 Å². The molecule has 1 atom stereocenters. The van der Waals surface area contributed by atoms with Crippen molar-refractivity contribution in [2.75, 3.05) is 31.5 Å². The predicted octanol–water partition coefficient (Wildman–Crippen LogP) is 3.30. The molecule has 0 radical (unpaired) electrons. The maximum atomic E-state index is 13.0. The molecule has 13 heteroatoms. The maximum Gasteiger partial charge on any atom is 0.417 e. The van der Waals surface area contributed by atoms with E-state index in [9.17, 15) is 26.4 Å². The maximum absolute atomic E-state index is 13.0. The van der Waals surface area contributed by atoms with Gasteiger partial charge >= 0.3 is 6.18 Å². The van der Waals surface area contributed by atoms with E-state index in [1.807, 2.05) is 0 Å². The number of nitrogens with zero attached hydrogens (tertiary/aromatic N) is 3. The molecule has 1 unspecified atom stereocenters. The summed E-state index contributed by atoms with van der Waals surface area (Å²) < 4.78 is 71.2. The number of aromatic nitrogens is 1. The summed E-state index contributed by atoms with van der Waals surface area (Å²) in [6, 6.07) is 2.45. The van der Waals surface area contributed by atoms with Crippen LogP contribution >= 0.6 is 11.6 Å². The van der Waals surface area contributed by atoms with Crippen molar-refractivity contribution in [2.24, 2.45) is 0 Å². The Morgan fingerprint density at radius 1 is 1.22 bits per heavy atom. The van der Waals surface area contributed by atoms with Crippen LogP contribution < -0.4 is 5.32 Å². The van der Waals surface area contributed by atoms with Crippen LogP contribution in [0.15, 0.2) is 27.6 Å². The van der Waals surface area contributed by atoms with Crippen molar-refractivity contribution >= 4 is 33.2 Å². The molecule has 1 aromatic carbocycles. The number of anilines is 1. The van der Waals surface area contributed by atoms with E-state index in [1.165, 1.54) is 17.3 Å². The number of piperazine rings is 1. The molecule has 1 saturated heterocycles. The fourth-order valence-corrected chi connectivity index (χ4v) is 5.47. The molecule has 1 amide bonds. The summed E-state index contributed by atoms with van der Waals surface area (Å²) in [5, 5.41) is 5.69. The highest BCUT2D eigenvalue weighted by molar-refractivity contribution is 7.89. The number of carbonyl (C=O) groups is 1. The lowest BCUT2D eigenvalue weighted by Gasteiger charge is -2.36. The predicted molar refractivity (Wildman–Crippen MR) is 111 cm³/mol. The lowest BCUT2D eigenvalue weighted by molar-refractivity contribution is -0.137. The van der Waals surface area contributed by atoms with E-state index < -0.39 is 38.7 Å². The zero-order chi connectivity index (χ0) is 23.8. The molecule has 1 aliphatic rings. The molecule has 0 bridgehead atoms. The molecular formula is C19H22ClF3N4O4S. The number of amides is 1. The summed E-state index contributed by atoms with van der Waals surface area (Å²) in [5.41, 5.74) is -0.792. The van der Waals surface area contributed by atoms with Gasteiger partial charge in [-0.15, -0.1) is 0 Å². The molecule has 3 rings (SSSR count). The molecule has 2 heterocycles. The number of rotatable bonds is 5. The Hall–Kier alpha value is -2.15. The number of alkyl halides is 3. The van der Waals surface area contributed by atoms with Gasteiger partial charge in [0, 0.05) is 31.9 Å². The Balaban J connectivity index is 1.64. The van der Waals surface area contributed by atoms with Crippen LogP contribution in [0.1, 0.15) is 23.9 Å². The highest BCUT2D eigenvalue weighted by atomic mass is 35.5. The SMILES string of the molecule is Cc1noc(C)c1S(=O)(=O)N1CCN(C(C)C(=O)Nc2ccc(Cl)c(C(F)(F)F)c2)CC1. The van der Waals surface area contributed by atoms with Crippen molar-refractivity contribution in [1.82, 2.24) is 14.4 Å². The molecular weight excluding hydrogens is 473 g/mol. The van der Waals surface area contributed by atoms with Crippen LogP contribution in [-0.4, -0.2) is 60.9 Å². The monoisotopic (exact) mass is 494 g/mol. The quantitative estimate of drug-likeness (QED) is 0.685. The molecule has 0 aliphatic carbocycles. The van der Waals surface area contributed by atoms with Gasteiger partial charge in [0.15, 0.2) is 5.76 Å². The third-order valence-electron chi connectivity index (χ3n) is 5.31. The second-order valence-electron chi connectivity index (χ2n) is 7.45. The summed E-state index contributed by atoms with van der Waals surface area (Å²) >= 11 is 5.60. The van der Waals surface area contributed by atoms with Crippen LogP contribution in [0.5, 0.6) is 0 Å². The first-order chi connectivity index (χ1) is 14.8. The number of sulfonamides is 1. The van der Waals surface area contributed by atoms with Crippen molar-refractivity contribution in [3.8, 4) is 0 Å². The van der Waals surface area contributed by atoms with E-state index >= 15 is 0 Å². The van der Waals surface area contributed by atoms with Crippen molar-refractivity contribution in [3.05, 3.63) is 40.2 Å². The number of benzene rings is 1. The van der Waals surface area contributed by atoms with Crippen LogP contribution in [0.3, 0.4) is 0 Å². The van der Waals surface area contributed by atoms with Gasteiger partial charge in [-0.05, 0) is 39.0 Å². The van der Waals surface area contributed by atoms with Crippen LogP contribution in [0.4, 0.5) is 18.9 Å². The minimum atomic E-state index is -4.65. The Morgan fingerprint density at radius 2 is 1.84 bits per heavy atom. The zero-order valence-corrected chi connectivity index (χ0v) is 19.1. The van der Waals surface area contributed by atoms with Crippen molar-refractivity contribution < 1.29 is 30.9 Å². The number of nitrogens with one attached hydrogen (secondary N) is 1. The summed E-state index contributed by atoms with van der Waals surface area (Å²) in [5.74, 6) is -0.304. The van der Waals surface area contributed by atoms with Crippen molar-refractivity contribution in [1.29, 1.82) is 0 Å². The molecule has 0 saturated carbocycles. The molecule has 1 N–H and O–H groups in total. The molecule has 8 nitrogen and oxygen atoms in total. The number of halogens is 4. The van der Waals surface area contributed by atoms with Gasteiger partial charge in [0.1, 0.15) is 10.6 Å². The molecule has 1 aromatic heterocycles. The number of hydrogen-bond acceptors (Lipinski definition) is 6. The van der Waals surface area contributed by atoms with Crippen LogP contribution in [0.2, 0.25) is 5.02 Å². The summed E-state index contributed by atoms with van der Waals surface area (Å²) in [6.07, 6.45) is -4.65. The number of carbonyl (C=O) groups excluding carboxylic acids is 1. The fourth-order valence-electron chi connectivity index (χ4n) is 3.54. The number of hydrogen-bond donors (Lipinski definition) is 1. The van der Waals surface area contributed by atoms with Crippen LogP contribution in [-0.2, 0) is 21.0 Å². The van der Waals surface area contributed by atoms with Gasteiger partial charge in [0.25, 0.3) is 0 Å². The van der Waals surface area contributed by atoms with Gasteiger partial charge in [-0.3, -0.25) is 9.69 Å². The highest BCUT2D eigenvalue weighted by Gasteiger charge is 2.36. The molecule has 32 heavy (non-hydrogen) atoms. The molecule has 1 fully saturated rings. The minimum absolute atomic E-state index is 0.0294. The van der Waals surface area contributed by atoms with E-state index in [-0.39, 0.29) is 48.2 Å². The van der Waals surface area contributed by atoms with Crippen LogP contribution in [0, 0.1) is 13.8 Å². The fraction of sp³-hybridized carbons (Fsp3) is 0.474. The topological polar surface area (TPSA) is 95.8 Å². The summed E-state index contributed by atoms with van der Waals surface area (Å²) in [4.78, 5) is 14.4. The summed E-state index contributed by atoms with van der Waals surface area (Å²) in [7, 11) is -3.79. The Labute approximate surface area is 188 Å². The molecule has 0 spiro atoms. The molecule has 176 valence electrons. The van der Waals surface area contributed by atoms with E-state index in [0.29, 0.717) is 0 Å². The van der Waals surface area contributed by atoms with Crippen LogP contribution in [0.25, 0.3) is 0 Å². The average molecular weight is 495 g/mol. The van der Waals surface area contributed by atoms with Crippen molar-refractivity contribution in [3.63, 3.8) is 0 Å². The normalized spacial score (nSPS) is 17.3. The van der Waals surface area contributed by atoms with E-state index in [4.69, 9.17) is 16.1 Å². The van der Waals surface area contributed by atoms with Gasteiger partial charge in [0.2, 0.25) is 15.9 Å². The zero-order valence-electron chi connectivity index (χ0n) is 17.5. The Bertz CT molecular complexity index is 1090. The minimum Gasteiger partial charge on any atom is -0.360 e. The first-order valence-corrected chi connectivity index (χ1v) is 11.5. The van der Waals surface area contributed by atoms with Crippen molar-refractivity contribution in [2.45, 2.75) is 37.9 Å². The number of aryl methyl sites for hydroxylation is 2. The Morgan fingerprint density at radius 3 is 2.38 bits per heavy atom. The summed E-state index contributed by atoms with van der Waals surface area (Å²) in [6.45, 7) is 5.50. The first kappa shape index (κ1) is 24.5. The second kappa shape index (κ2) is 9.00. The third kappa shape index (κ3) is 4.92. The molecule has 2 aromatic rings. The van der Waals surface area contributed by atoms with Gasteiger partial charge in [0.05, 0.1) is 16.6 Å². The lowest BCUT2D eigenvalue weighted by Crippen LogP contribution is -2.54. The smallest absolute Gasteiger partial charge is 0.360 e. The largest absolute Gasteiger partial charge is 0.417 e. The van der Waals surface area contributed by atoms with Gasteiger partial charge in [-0.25, -0.2) is 8.42 Å². The standard InChI is InChI=1S/C19H22ClF3N4O4S/c1-11-17(13(3)31-25-11)32(29,30)27-8-6-26(7-9-27)12(2)18(28)24-14-4-5-16(20)15(10-14)19(21,22)23/h4-5,10,12H,6-9H2,1-3H3,(H,24,28). The average Bonchev–Trinajstić information content (AvgIpc) is 3.06. The van der Waals surface area contributed by atoms with Gasteiger partial charge < -0.3 is 9.84 Å². The van der Waals surface area contributed by atoms with Gasteiger partial charge in [-0.1, -0.05) is 16.8 Å². The second-order valence-corrected chi connectivity index (χ2v) is 9.73. The third-order valence-corrected chi connectivity index (χ3v) is 7.78. The molecule has 1 aliphatic heterocycles.